The molecule has 0 bridgehead atoms. The van der Waals surface area contributed by atoms with Crippen LogP contribution in [0.25, 0.3) is 10.7 Å². The number of hydrogen-bond donors (Lipinski definition) is 0. The molecule has 0 amide bonds. The van der Waals surface area contributed by atoms with E-state index in [4.69, 9.17) is 4.52 Å². The molecule has 0 unspecified atom stereocenters. The fourth-order valence-electron chi connectivity index (χ4n) is 1.51. The summed E-state index contributed by atoms with van der Waals surface area (Å²) < 4.78 is 6.97. The predicted molar refractivity (Wildman–Crippen MR) is 63.7 cm³/mol. The summed E-state index contributed by atoms with van der Waals surface area (Å²) >= 11 is 1.59. The van der Waals surface area contributed by atoms with Gasteiger partial charge in [-0.3, -0.25) is 4.68 Å². The Morgan fingerprint density at radius 2 is 2.35 bits per heavy atom. The van der Waals surface area contributed by atoms with Crippen molar-refractivity contribution in [2.75, 3.05) is 0 Å². The van der Waals surface area contributed by atoms with E-state index in [9.17, 15) is 0 Å². The normalized spacial score (nSPS) is 10.9. The van der Waals surface area contributed by atoms with Gasteiger partial charge in [-0.25, -0.2) is 0 Å². The minimum absolute atomic E-state index is 0.506. The third kappa shape index (κ3) is 2.12. The molecule has 0 saturated carbocycles. The first-order chi connectivity index (χ1) is 8.31. The third-order valence-electron chi connectivity index (χ3n) is 2.28. The van der Waals surface area contributed by atoms with E-state index in [1.807, 2.05) is 36.7 Å². The summed E-state index contributed by atoms with van der Waals surface area (Å²) in [4.78, 5) is 5.34. The average molecular weight is 246 g/mol. The molecule has 3 aromatic heterocycles. The van der Waals surface area contributed by atoms with Crippen LogP contribution in [0.3, 0.4) is 0 Å². The highest BCUT2D eigenvalue weighted by molar-refractivity contribution is 7.13. The van der Waals surface area contributed by atoms with Crippen LogP contribution in [0, 0.1) is 6.92 Å². The van der Waals surface area contributed by atoms with E-state index < -0.39 is 0 Å². The van der Waals surface area contributed by atoms with Gasteiger partial charge in [0.15, 0.2) is 0 Å². The summed E-state index contributed by atoms with van der Waals surface area (Å²) in [6, 6.07) is 5.88. The number of thiophene rings is 1. The Morgan fingerprint density at radius 3 is 3.06 bits per heavy atom. The molecule has 5 nitrogen and oxygen atoms in total. The van der Waals surface area contributed by atoms with Crippen molar-refractivity contribution in [2.45, 2.75) is 13.5 Å². The van der Waals surface area contributed by atoms with Crippen LogP contribution in [0.4, 0.5) is 0 Å². The van der Waals surface area contributed by atoms with Gasteiger partial charge in [-0.05, 0) is 24.4 Å². The third-order valence-corrected chi connectivity index (χ3v) is 3.15. The van der Waals surface area contributed by atoms with Crippen molar-refractivity contribution in [3.8, 4) is 10.7 Å². The second-order valence-corrected chi connectivity index (χ2v) is 4.59. The Hall–Kier alpha value is -1.95. The van der Waals surface area contributed by atoms with Crippen LogP contribution in [0.1, 0.15) is 11.6 Å². The molecule has 17 heavy (non-hydrogen) atoms. The number of rotatable bonds is 3. The minimum Gasteiger partial charge on any atom is -0.337 e. The van der Waals surface area contributed by atoms with Crippen LogP contribution in [0.15, 0.2) is 34.3 Å². The Bertz CT molecular complexity index is 611. The first-order valence-electron chi connectivity index (χ1n) is 5.18. The molecule has 0 fully saturated rings. The molecule has 0 spiro atoms. The lowest BCUT2D eigenvalue weighted by Gasteiger charge is -1.93. The van der Waals surface area contributed by atoms with Crippen molar-refractivity contribution in [3.63, 3.8) is 0 Å². The van der Waals surface area contributed by atoms with E-state index in [0.29, 0.717) is 18.3 Å². The predicted octanol–water partition coefficient (Wildman–Crippen LogP) is 2.35. The van der Waals surface area contributed by atoms with E-state index in [0.717, 1.165) is 10.6 Å². The SMILES string of the molecule is Cc1ccn(Cc2nc(-c3cccs3)no2)n1. The average Bonchev–Trinajstić information content (AvgIpc) is 3.00. The molecule has 0 aliphatic carbocycles. The zero-order valence-corrected chi connectivity index (χ0v) is 10.0. The van der Waals surface area contributed by atoms with Gasteiger partial charge in [-0.15, -0.1) is 11.3 Å². The quantitative estimate of drug-likeness (QED) is 0.711. The van der Waals surface area contributed by atoms with Gasteiger partial charge in [0.2, 0.25) is 11.7 Å². The van der Waals surface area contributed by atoms with Crippen LogP contribution < -0.4 is 0 Å². The van der Waals surface area contributed by atoms with Crippen LogP contribution in [0.2, 0.25) is 0 Å². The van der Waals surface area contributed by atoms with E-state index in [1.54, 1.807) is 16.0 Å². The lowest BCUT2D eigenvalue weighted by molar-refractivity contribution is 0.366. The molecule has 3 heterocycles. The Labute approximate surface area is 102 Å². The van der Waals surface area contributed by atoms with Crippen molar-refractivity contribution >= 4 is 11.3 Å². The number of nitrogens with zero attached hydrogens (tertiary/aromatic N) is 4. The number of aryl methyl sites for hydroxylation is 1. The molecule has 6 heteroatoms. The molecule has 0 atom stereocenters. The largest absolute Gasteiger partial charge is 0.337 e. The van der Waals surface area contributed by atoms with Crippen molar-refractivity contribution in [2.24, 2.45) is 0 Å². The first-order valence-corrected chi connectivity index (χ1v) is 6.06. The maximum absolute atomic E-state index is 5.19. The molecule has 0 aromatic carbocycles. The zero-order chi connectivity index (χ0) is 11.7. The van der Waals surface area contributed by atoms with Gasteiger partial charge in [-0.2, -0.15) is 10.1 Å². The van der Waals surface area contributed by atoms with Crippen LogP contribution >= 0.6 is 11.3 Å². The molecular weight excluding hydrogens is 236 g/mol. The summed E-state index contributed by atoms with van der Waals surface area (Å²) in [7, 11) is 0. The minimum atomic E-state index is 0.506. The van der Waals surface area contributed by atoms with Gasteiger partial charge in [0.25, 0.3) is 0 Å². The smallest absolute Gasteiger partial charge is 0.248 e. The molecule has 0 saturated heterocycles. The molecule has 0 radical (unpaired) electrons. The summed E-state index contributed by atoms with van der Waals surface area (Å²) in [6.07, 6.45) is 1.89. The standard InChI is InChI=1S/C11H10N4OS/c1-8-4-5-15(13-8)7-10-12-11(14-16-10)9-3-2-6-17-9/h2-6H,7H2,1H3. The molecule has 0 aliphatic rings. The fourth-order valence-corrected chi connectivity index (χ4v) is 2.16. The van der Waals surface area contributed by atoms with Gasteiger partial charge in [0, 0.05) is 6.20 Å². The van der Waals surface area contributed by atoms with Crippen LogP contribution in [-0.4, -0.2) is 19.9 Å². The Balaban J connectivity index is 1.81. The Morgan fingerprint density at radius 1 is 1.41 bits per heavy atom. The second-order valence-electron chi connectivity index (χ2n) is 3.64. The summed E-state index contributed by atoms with van der Waals surface area (Å²) in [5.41, 5.74) is 0.975. The highest BCUT2D eigenvalue weighted by Crippen LogP contribution is 2.21. The van der Waals surface area contributed by atoms with Crippen LogP contribution in [0.5, 0.6) is 0 Å². The van der Waals surface area contributed by atoms with E-state index >= 15 is 0 Å². The van der Waals surface area contributed by atoms with Crippen molar-refractivity contribution in [1.82, 2.24) is 19.9 Å². The van der Waals surface area contributed by atoms with E-state index in [-0.39, 0.29) is 0 Å². The van der Waals surface area contributed by atoms with Gasteiger partial charge >= 0.3 is 0 Å². The van der Waals surface area contributed by atoms with Crippen molar-refractivity contribution in [3.05, 3.63) is 41.4 Å². The van der Waals surface area contributed by atoms with Crippen molar-refractivity contribution in [1.29, 1.82) is 0 Å². The summed E-state index contributed by atoms with van der Waals surface area (Å²) in [5.74, 6) is 1.20. The maximum Gasteiger partial charge on any atom is 0.248 e. The maximum atomic E-state index is 5.19. The molecule has 86 valence electrons. The molecule has 3 aromatic rings. The van der Waals surface area contributed by atoms with Gasteiger partial charge in [0.1, 0.15) is 6.54 Å². The monoisotopic (exact) mass is 246 g/mol. The number of hydrogen-bond acceptors (Lipinski definition) is 5. The highest BCUT2D eigenvalue weighted by atomic mass is 32.1. The summed E-state index contributed by atoms with van der Waals surface area (Å²) in [5, 5.41) is 10.2. The van der Waals surface area contributed by atoms with Crippen LogP contribution in [-0.2, 0) is 6.54 Å². The number of aromatic nitrogens is 4. The fraction of sp³-hybridized carbons (Fsp3) is 0.182. The summed E-state index contributed by atoms with van der Waals surface area (Å²) in [6.45, 7) is 2.45. The van der Waals surface area contributed by atoms with Gasteiger partial charge in [-0.1, -0.05) is 11.2 Å². The first kappa shape index (κ1) is 10.2. The molecule has 0 aliphatic heterocycles. The Kier molecular flexibility index (Phi) is 2.49. The van der Waals surface area contributed by atoms with E-state index in [2.05, 4.69) is 15.2 Å². The van der Waals surface area contributed by atoms with Gasteiger partial charge < -0.3 is 4.52 Å². The lowest BCUT2D eigenvalue weighted by Crippen LogP contribution is -2.00. The second kappa shape index (κ2) is 4.14. The highest BCUT2D eigenvalue weighted by Gasteiger charge is 2.09. The van der Waals surface area contributed by atoms with Crippen molar-refractivity contribution < 1.29 is 4.52 Å². The topological polar surface area (TPSA) is 56.7 Å². The molecule has 0 N–H and O–H groups in total. The zero-order valence-electron chi connectivity index (χ0n) is 9.20. The molecule has 3 rings (SSSR count). The molecular formula is C11H10N4OS. The lowest BCUT2D eigenvalue weighted by atomic mass is 10.4. The van der Waals surface area contributed by atoms with E-state index in [1.165, 1.54) is 0 Å². The van der Waals surface area contributed by atoms with Gasteiger partial charge in [0.05, 0.1) is 10.6 Å².